The van der Waals surface area contributed by atoms with Gasteiger partial charge in [0, 0.05) is 12.4 Å². The van der Waals surface area contributed by atoms with E-state index in [0.717, 1.165) is 15.5 Å². The highest BCUT2D eigenvalue weighted by molar-refractivity contribution is 5.81. The summed E-state index contributed by atoms with van der Waals surface area (Å²) in [6, 6.07) is 9.68. The van der Waals surface area contributed by atoms with Crippen molar-refractivity contribution in [2.45, 2.75) is 0 Å². The highest BCUT2D eigenvalue weighted by Crippen LogP contribution is 2.08. The summed E-state index contributed by atoms with van der Waals surface area (Å²) in [5.41, 5.74) is 0.554. The second-order valence-electron chi connectivity index (χ2n) is 2.83. The Morgan fingerprint density at radius 2 is 1.92 bits per heavy atom. The molecular formula is C10H10N2O. The summed E-state index contributed by atoms with van der Waals surface area (Å²) in [5, 5.41) is 11.5. The molecule has 0 spiro atoms. The number of nitrogens with zero attached hydrogens (tertiary/aromatic N) is 2. The summed E-state index contributed by atoms with van der Waals surface area (Å²) in [6.07, 6.45) is 1.65. The van der Waals surface area contributed by atoms with Crippen molar-refractivity contribution >= 4 is 10.8 Å². The van der Waals surface area contributed by atoms with Gasteiger partial charge in [-0.3, -0.25) is 4.99 Å². The van der Waals surface area contributed by atoms with Crippen LogP contribution < -0.4 is 5.49 Å². The normalized spacial score (nSPS) is 12.2. The van der Waals surface area contributed by atoms with Gasteiger partial charge >= 0.3 is 0 Å². The van der Waals surface area contributed by atoms with Gasteiger partial charge in [0.1, 0.15) is 0 Å². The van der Waals surface area contributed by atoms with Crippen molar-refractivity contribution in [1.29, 1.82) is 0 Å². The molecule has 0 aliphatic carbocycles. The lowest BCUT2D eigenvalue weighted by Gasteiger charge is -2.00. The summed E-state index contributed by atoms with van der Waals surface area (Å²) in [4.78, 5) is 3.93. The third kappa shape index (κ3) is 1.28. The first-order valence-electron chi connectivity index (χ1n) is 4.05. The molecule has 0 atom stereocenters. The Kier molecular flexibility index (Phi) is 1.77. The van der Waals surface area contributed by atoms with Crippen LogP contribution in [0.3, 0.4) is 0 Å². The summed E-state index contributed by atoms with van der Waals surface area (Å²) in [5.74, 6) is 0. The number of benzene rings is 1. The predicted molar refractivity (Wildman–Crippen MR) is 50.6 cm³/mol. The molecule has 13 heavy (non-hydrogen) atoms. The predicted octanol–water partition coefficient (Wildman–Crippen LogP) is 1.41. The van der Waals surface area contributed by atoms with Crippen LogP contribution in [0.4, 0.5) is 0 Å². The van der Waals surface area contributed by atoms with E-state index in [2.05, 4.69) is 4.99 Å². The fraction of sp³-hybridized carbons (Fsp3) is 0.100. The molecular weight excluding hydrogens is 164 g/mol. The van der Waals surface area contributed by atoms with Gasteiger partial charge in [-0.25, -0.2) is 0 Å². The second kappa shape index (κ2) is 2.94. The molecule has 0 aliphatic heterocycles. The fourth-order valence-corrected chi connectivity index (χ4v) is 1.33. The van der Waals surface area contributed by atoms with Crippen LogP contribution in [-0.2, 0) is 0 Å². The second-order valence-corrected chi connectivity index (χ2v) is 2.83. The molecule has 0 aliphatic rings. The van der Waals surface area contributed by atoms with Crippen molar-refractivity contribution < 1.29 is 5.21 Å². The molecule has 0 saturated heterocycles. The molecule has 2 aromatic rings. The first-order valence-corrected chi connectivity index (χ1v) is 4.05. The molecule has 0 amide bonds. The molecule has 1 heterocycles. The largest absolute Gasteiger partial charge is 0.427 e. The van der Waals surface area contributed by atoms with Crippen molar-refractivity contribution in [3.8, 4) is 0 Å². The van der Waals surface area contributed by atoms with E-state index >= 15 is 0 Å². The van der Waals surface area contributed by atoms with Crippen molar-refractivity contribution in [1.82, 2.24) is 4.73 Å². The Labute approximate surface area is 75.6 Å². The van der Waals surface area contributed by atoms with Gasteiger partial charge in [-0.2, -0.15) is 4.73 Å². The minimum absolute atomic E-state index is 0.554. The topological polar surface area (TPSA) is 37.5 Å². The van der Waals surface area contributed by atoms with Gasteiger partial charge in [0.25, 0.3) is 0 Å². The summed E-state index contributed by atoms with van der Waals surface area (Å²) in [6.45, 7) is 0. The Balaban J connectivity index is 2.90. The highest BCUT2D eigenvalue weighted by atomic mass is 16.5. The molecule has 66 valence electrons. The summed E-state index contributed by atoms with van der Waals surface area (Å²) < 4.78 is 1.03. The van der Waals surface area contributed by atoms with Gasteiger partial charge in [0.05, 0.1) is 6.20 Å². The molecule has 0 radical (unpaired) electrons. The van der Waals surface area contributed by atoms with E-state index in [0.29, 0.717) is 5.49 Å². The smallest absolute Gasteiger partial charge is 0.163 e. The lowest BCUT2D eigenvalue weighted by atomic mass is 10.2. The molecule has 1 aromatic heterocycles. The monoisotopic (exact) mass is 174 g/mol. The third-order valence-electron chi connectivity index (χ3n) is 2.01. The number of rotatable bonds is 0. The van der Waals surface area contributed by atoms with Crippen LogP contribution in [0, 0.1) is 0 Å². The first-order chi connectivity index (χ1) is 6.31. The average Bonchev–Trinajstić information content (AvgIpc) is 2.17. The molecule has 2 rings (SSSR count). The van der Waals surface area contributed by atoms with E-state index < -0.39 is 0 Å². The minimum atomic E-state index is 0.554. The molecule has 0 fully saturated rings. The maximum absolute atomic E-state index is 9.43. The Morgan fingerprint density at radius 3 is 2.62 bits per heavy atom. The SMILES string of the molecule is CN=c1cc2ccccc2cn1O. The molecule has 0 saturated carbocycles. The van der Waals surface area contributed by atoms with E-state index in [1.54, 1.807) is 13.2 Å². The van der Waals surface area contributed by atoms with Crippen molar-refractivity contribution in [2.24, 2.45) is 4.99 Å². The van der Waals surface area contributed by atoms with Crippen molar-refractivity contribution in [3.63, 3.8) is 0 Å². The van der Waals surface area contributed by atoms with Gasteiger partial charge in [-0.15, -0.1) is 0 Å². The van der Waals surface area contributed by atoms with E-state index in [1.165, 1.54) is 0 Å². The zero-order valence-electron chi connectivity index (χ0n) is 7.31. The molecule has 0 bridgehead atoms. The molecule has 1 aromatic carbocycles. The van der Waals surface area contributed by atoms with E-state index in [9.17, 15) is 5.21 Å². The van der Waals surface area contributed by atoms with E-state index in [-0.39, 0.29) is 0 Å². The molecule has 3 heteroatoms. The van der Waals surface area contributed by atoms with E-state index in [1.807, 2.05) is 30.3 Å². The van der Waals surface area contributed by atoms with Crippen LogP contribution in [0.15, 0.2) is 41.5 Å². The standard InChI is InChI=1S/C10H10N2O/c1-11-10-6-8-4-2-3-5-9(8)7-12(10)13/h2-7,13H,1H3. The number of pyridine rings is 1. The van der Waals surface area contributed by atoms with Crippen molar-refractivity contribution in [2.75, 3.05) is 7.05 Å². The minimum Gasteiger partial charge on any atom is -0.427 e. The zero-order chi connectivity index (χ0) is 9.26. The Bertz CT molecular complexity index is 499. The Morgan fingerprint density at radius 1 is 1.23 bits per heavy atom. The molecule has 3 nitrogen and oxygen atoms in total. The summed E-state index contributed by atoms with van der Waals surface area (Å²) in [7, 11) is 1.65. The van der Waals surface area contributed by atoms with Gasteiger partial charge in [-0.05, 0) is 11.5 Å². The highest BCUT2D eigenvalue weighted by Gasteiger charge is 1.94. The number of aromatic nitrogens is 1. The number of fused-ring (bicyclic) bond motifs is 1. The van der Waals surface area contributed by atoms with Crippen molar-refractivity contribution in [3.05, 3.63) is 42.0 Å². The lowest BCUT2D eigenvalue weighted by Crippen LogP contribution is -2.17. The van der Waals surface area contributed by atoms with Crippen LogP contribution in [0.2, 0.25) is 0 Å². The van der Waals surface area contributed by atoms with Gasteiger partial charge in [0.15, 0.2) is 5.49 Å². The lowest BCUT2D eigenvalue weighted by molar-refractivity contribution is 0.173. The Hall–Kier alpha value is -1.77. The average molecular weight is 174 g/mol. The third-order valence-corrected chi connectivity index (χ3v) is 2.01. The number of hydrogen-bond donors (Lipinski definition) is 1. The summed E-state index contributed by atoms with van der Waals surface area (Å²) >= 11 is 0. The van der Waals surface area contributed by atoms with Crippen LogP contribution in [0.25, 0.3) is 10.8 Å². The van der Waals surface area contributed by atoms with Gasteiger partial charge in [-0.1, -0.05) is 24.3 Å². The maximum atomic E-state index is 9.43. The molecule has 1 N–H and O–H groups in total. The van der Waals surface area contributed by atoms with Crippen LogP contribution >= 0.6 is 0 Å². The van der Waals surface area contributed by atoms with Crippen LogP contribution in [-0.4, -0.2) is 17.0 Å². The maximum Gasteiger partial charge on any atom is 0.163 e. The van der Waals surface area contributed by atoms with Gasteiger partial charge < -0.3 is 5.21 Å². The first kappa shape index (κ1) is 7.86. The van der Waals surface area contributed by atoms with Gasteiger partial charge in [0.2, 0.25) is 0 Å². The quantitative estimate of drug-likeness (QED) is 0.602. The molecule has 0 unspecified atom stereocenters. The fourth-order valence-electron chi connectivity index (χ4n) is 1.33. The zero-order valence-corrected chi connectivity index (χ0v) is 7.31. The van der Waals surface area contributed by atoms with E-state index in [4.69, 9.17) is 0 Å². The number of hydrogen-bond acceptors (Lipinski definition) is 2. The van der Waals surface area contributed by atoms with Crippen LogP contribution in [0.1, 0.15) is 0 Å². The van der Waals surface area contributed by atoms with Crippen LogP contribution in [0.5, 0.6) is 0 Å².